The van der Waals surface area contributed by atoms with E-state index in [0.29, 0.717) is 18.2 Å². The predicted molar refractivity (Wildman–Crippen MR) is 244 cm³/mol. The molecular formula is C52H33N3OS. The molecule has 0 fully saturated rings. The van der Waals surface area contributed by atoms with E-state index in [1.54, 1.807) is 0 Å². The SMILES string of the molecule is C=N/C(=N\C(=N/Cc1ccccc1)c1ccc2c(ccc3ccccc32)c1)c1cccc2oc3c(-c4ccc5c(c4)sc4ccc6ccccc6c45)cccc3c12. The van der Waals surface area contributed by atoms with Gasteiger partial charge in [0.25, 0.3) is 0 Å². The lowest BCUT2D eigenvalue weighted by molar-refractivity contribution is 0.670. The fraction of sp³-hybridized carbons (Fsp3) is 0.0192. The molecule has 0 aliphatic carbocycles. The van der Waals surface area contributed by atoms with Gasteiger partial charge in [-0.25, -0.2) is 9.98 Å². The maximum atomic E-state index is 6.74. The van der Waals surface area contributed by atoms with Crippen molar-refractivity contribution in [3.8, 4) is 11.1 Å². The second kappa shape index (κ2) is 13.5. The number of hydrogen-bond donors (Lipinski definition) is 0. The summed E-state index contributed by atoms with van der Waals surface area (Å²) in [5.41, 5.74) is 6.59. The summed E-state index contributed by atoms with van der Waals surface area (Å²) in [4.78, 5) is 14.9. The molecule has 0 amide bonds. The number of rotatable bonds is 5. The fourth-order valence-electron chi connectivity index (χ4n) is 8.35. The molecule has 11 rings (SSSR count). The maximum Gasteiger partial charge on any atom is 0.161 e. The Morgan fingerprint density at radius 3 is 2.12 bits per heavy atom. The highest BCUT2D eigenvalue weighted by molar-refractivity contribution is 7.26. The lowest BCUT2D eigenvalue weighted by Gasteiger charge is -2.09. The average molecular weight is 748 g/mol. The van der Waals surface area contributed by atoms with E-state index in [-0.39, 0.29) is 0 Å². The number of para-hydroxylation sites is 1. The maximum absolute atomic E-state index is 6.74. The topological polar surface area (TPSA) is 50.2 Å². The van der Waals surface area contributed by atoms with E-state index in [2.05, 4.69) is 151 Å². The van der Waals surface area contributed by atoms with Crippen LogP contribution in [0.15, 0.2) is 195 Å². The number of benzene rings is 9. The number of fused-ring (bicyclic) bond motifs is 11. The molecule has 0 aliphatic rings. The van der Waals surface area contributed by atoms with Gasteiger partial charge < -0.3 is 4.42 Å². The molecule has 0 N–H and O–H groups in total. The second-order valence-corrected chi connectivity index (χ2v) is 15.5. The average Bonchev–Trinajstić information content (AvgIpc) is 3.85. The van der Waals surface area contributed by atoms with Gasteiger partial charge in [0.1, 0.15) is 11.2 Å². The van der Waals surface area contributed by atoms with E-state index in [1.165, 1.54) is 47.1 Å². The van der Waals surface area contributed by atoms with Gasteiger partial charge in [0.15, 0.2) is 11.7 Å². The zero-order valence-corrected chi connectivity index (χ0v) is 31.6. The van der Waals surface area contributed by atoms with Crippen LogP contribution in [0.5, 0.6) is 0 Å². The summed E-state index contributed by atoms with van der Waals surface area (Å²) >= 11 is 1.84. The van der Waals surface area contributed by atoms with Crippen molar-refractivity contribution in [1.82, 2.24) is 0 Å². The van der Waals surface area contributed by atoms with Gasteiger partial charge in [0.05, 0.1) is 6.54 Å². The third-order valence-electron chi connectivity index (χ3n) is 11.1. The van der Waals surface area contributed by atoms with Gasteiger partial charge in [-0.2, -0.15) is 0 Å². The van der Waals surface area contributed by atoms with Gasteiger partial charge in [0, 0.05) is 47.6 Å². The first-order chi connectivity index (χ1) is 28.2. The van der Waals surface area contributed by atoms with Gasteiger partial charge in [-0.1, -0.05) is 152 Å². The standard InChI is InChI=1S/C52H33N3OS/c1-53-52(55-51(54-31-32-11-3-2-4-12-32)37-24-26-39-35(29-37)22-21-33-13-5-7-15-38(33)39)44-19-10-20-45-48(44)43-18-9-17-41(50(43)56-45)36-23-27-42-47(30-36)57-46-28-25-34-14-6-8-16-40(34)49(42)46/h2-30H,1,31H2/b54-51-,55-52-. The van der Waals surface area contributed by atoms with E-state index in [0.717, 1.165) is 55.1 Å². The summed E-state index contributed by atoms with van der Waals surface area (Å²) in [5.74, 6) is 1.07. The molecule has 2 heterocycles. The fourth-order valence-corrected chi connectivity index (χ4v) is 9.51. The van der Waals surface area contributed by atoms with Crippen LogP contribution in [-0.4, -0.2) is 18.4 Å². The first-order valence-corrected chi connectivity index (χ1v) is 19.9. The Hall–Kier alpha value is -7.21. The quantitative estimate of drug-likeness (QED) is 0.0982. The number of aliphatic imine (C=N–C) groups is 3. The van der Waals surface area contributed by atoms with Crippen LogP contribution in [-0.2, 0) is 6.54 Å². The van der Waals surface area contributed by atoms with Gasteiger partial charge in [0.2, 0.25) is 0 Å². The van der Waals surface area contributed by atoms with Crippen LogP contribution in [0, 0.1) is 0 Å². The van der Waals surface area contributed by atoms with Crippen molar-refractivity contribution >= 4 is 104 Å². The van der Waals surface area contributed by atoms with E-state index in [1.807, 2.05) is 47.7 Å². The van der Waals surface area contributed by atoms with Crippen LogP contribution < -0.4 is 0 Å². The number of furan rings is 1. The van der Waals surface area contributed by atoms with Gasteiger partial charge in [-0.3, -0.25) is 4.99 Å². The summed E-state index contributed by atoms with van der Waals surface area (Å²) in [6.07, 6.45) is 0. The van der Waals surface area contributed by atoms with Crippen LogP contribution in [0.4, 0.5) is 0 Å². The monoisotopic (exact) mass is 747 g/mol. The van der Waals surface area contributed by atoms with E-state index < -0.39 is 0 Å². The summed E-state index contributed by atoms with van der Waals surface area (Å²) in [5, 5.41) is 11.8. The Bertz CT molecular complexity index is 3460. The smallest absolute Gasteiger partial charge is 0.161 e. The van der Waals surface area contributed by atoms with Gasteiger partial charge in [-0.05, 0) is 74.4 Å². The van der Waals surface area contributed by atoms with Crippen molar-refractivity contribution in [2.75, 3.05) is 0 Å². The minimum Gasteiger partial charge on any atom is -0.455 e. The van der Waals surface area contributed by atoms with E-state index in [4.69, 9.17) is 14.4 Å². The predicted octanol–water partition coefficient (Wildman–Crippen LogP) is 14.2. The number of nitrogens with zero attached hydrogens (tertiary/aromatic N) is 3. The van der Waals surface area contributed by atoms with E-state index in [9.17, 15) is 0 Å². The van der Waals surface area contributed by atoms with E-state index >= 15 is 0 Å². The van der Waals surface area contributed by atoms with Crippen molar-refractivity contribution < 1.29 is 4.42 Å². The summed E-state index contributed by atoms with van der Waals surface area (Å²) in [7, 11) is 0. The molecule has 11 aromatic rings. The Balaban J connectivity index is 1.05. The minimum absolute atomic E-state index is 0.475. The molecule has 0 bridgehead atoms. The van der Waals surface area contributed by atoms with Crippen LogP contribution in [0.2, 0.25) is 0 Å². The molecule has 5 heteroatoms. The molecule has 0 saturated carbocycles. The zero-order chi connectivity index (χ0) is 37.9. The van der Waals surface area contributed by atoms with Crippen LogP contribution in [0.3, 0.4) is 0 Å². The van der Waals surface area contributed by atoms with Crippen LogP contribution >= 0.6 is 11.3 Å². The third-order valence-corrected chi connectivity index (χ3v) is 12.2. The van der Waals surface area contributed by atoms with Crippen LogP contribution in [0.25, 0.3) is 85.6 Å². The summed E-state index contributed by atoms with van der Waals surface area (Å²) < 4.78 is 9.28. The molecule has 0 aliphatic heterocycles. The Kier molecular flexibility index (Phi) is 7.86. The number of hydrogen-bond acceptors (Lipinski definition) is 3. The van der Waals surface area contributed by atoms with Crippen molar-refractivity contribution in [2.24, 2.45) is 15.0 Å². The van der Waals surface area contributed by atoms with Crippen molar-refractivity contribution in [3.05, 3.63) is 193 Å². The van der Waals surface area contributed by atoms with Crippen molar-refractivity contribution in [2.45, 2.75) is 6.54 Å². The molecule has 0 unspecified atom stereocenters. The summed E-state index contributed by atoms with van der Waals surface area (Å²) in [6.45, 7) is 4.50. The lowest BCUT2D eigenvalue weighted by atomic mass is 9.98. The third kappa shape index (κ3) is 5.63. The second-order valence-electron chi connectivity index (χ2n) is 14.4. The molecule has 0 saturated heterocycles. The molecule has 0 spiro atoms. The minimum atomic E-state index is 0.475. The van der Waals surface area contributed by atoms with Gasteiger partial charge in [-0.15, -0.1) is 11.3 Å². The Morgan fingerprint density at radius 1 is 0.526 bits per heavy atom. The summed E-state index contributed by atoms with van der Waals surface area (Å²) in [6, 6.07) is 61.9. The number of thiophene rings is 1. The zero-order valence-electron chi connectivity index (χ0n) is 30.8. The van der Waals surface area contributed by atoms with Crippen LogP contribution in [0.1, 0.15) is 16.7 Å². The Labute approximate surface area is 332 Å². The first-order valence-electron chi connectivity index (χ1n) is 19.0. The van der Waals surface area contributed by atoms with Crippen molar-refractivity contribution in [1.29, 1.82) is 0 Å². The highest BCUT2D eigenvalue weighted by Crippen LogP contribution is 2.42. The molecule has 9 aromatic carbocycles. The largest absolute Gasteiger partial charge is 0.455 e. The van der Waals surface area contributed by atoms with Gasteiger partial charge >= 0.3 is 0 Å². The number of amidine groups is 2. The molecule has 0 radical (unpaired) electrons. The Morgan fingerprint density at radius 2 is 1.25 bits per heavy atom. The molecular weight excluding hydrogens is 715 g/mol. The highest BCUT2D eigenvalue weighted by Gasteiger charge is 2.19. The highest BCUT2D eigenvalue weighted by atomic mass is 32.1. The van der Waals surface area contributed by atoms with Crippen molar-refractivity contribution in [3.63, 3.8) is 0 Å². The normalized spacial score (nSPS) is 12.6. The molecule has 268 valence electrons. The molecule has 2 aromatic heterocycles. The first kappa shape index (κ1) is 33.2. The molecule has 57 heavy (non-hydrogen) atoms. The lowest BCUT2D eigenvalue weighted by Crippen LogP contribution is -2.06. The molecule has 4 nitrogen and oxygen atoms in total. The molecule has 0 atom stereocenters.